The largest absolute Gasteiger partial charge is 0.409 e. The molecule has 1 saturated carbocycles. The maximum Gasteiger partial charge on any atom is 0.233 e. The van der Waals surface area contributed by atoms with Gasteiger partial charge in [0.25, 0.3) is 0 Å². The highest BCUT2D eigenvalue weighted by atomic mass is 16.4. The van der Waals surface area contributed by atoms with E-state index in [1.807, 2.05) is 13.8 Å². The molecule has 1 unspecified atom stereocenters. The Labute approximate surface area is 120 Å². The van der Waals surface area contributed by atoms with Crippen LogP contribution in [0.5, 0.6) is 0 Å². The fourth-order valence-corrected chi connectivity index (χ4v) is 2.97. The van der Waals surface area contributed by atoms with E-state index in [4.69, 9.17) is 10.9 Å². The summed E-state index contributed by atoms with van der Waals surface area (Å²) in [5.41, 5.74) is 5.67. The van der Waals surface area contributed by atoms with Gasteiger partial charge in [0, 0.05) is 12.6 Å². The van der Waals surface area contributed by atoms with Gasteiger partial charge in [-0.1, -0.05) is 38.3 Å². The number of oxime groups is 1. The normalized spacial score (nSPS) is 19.1. The van der Waals surface area contributed by atoms with Crippen LogP contribution in [0.15, 0.2) is 5.16 Å². The summed E-state index contributed by atoms with van der Waals surface area (Å²) in [5, 5.41) is 21.1. The van der Waals surface area contributed by atoms with Gasteiger partial charge >= 0.3 is 0 Å². The van der Waals surface area contributed by atoms with Crippen molar-refractivity contribution in [3.63, 3.8) is 0 Å². The number of carbonyl (C=O) groups is 1. The number of amidine groups is 1. The zero-order valence-corrected chi connectivity index (χ0v) is 12.5. The molecule has 0 spiro atoms. The molecule has 0 saturated heterocycles. The molecule has 1 rings (SSSR count). The summed E-state index contributed by atoms with van der Waals surface area (Å²) in [4.78, 5) is 14.4. The highest BCUT2D eigenvalue weighted by Gasteiger charge is 2.34. The van der Waals surface area contributed by atoms with Crippen LogP contribution < -0.4 is 5.73 Å². The van der Waals surface area contributed by atoms with Crippen LogP contribution in [-0.4, -0.2) is 46.1 Å². The Morgan fingerprint density at radius 3 is 2.40 bits per heavy atom. The van der Waals surface area contributed by atoms with Gasteiger partial charge in [-0.05, 0) is 18.8 Å². The number of nitrogens with zero attached hydrogens (tertiary/aromatic N) is 2. The highest BCUT2D eigenvalue weighted by Crippen LogP contribution is 2.25. The summed E-state index contributed by atoms with van der Waals surface area (Å²) in [6.07, 6.45) is 5.34. The number of rotatable bonds is 6. The Bertz CT molecular complexity index is 339. The van der Waals surface area contributed by atoms with E-state index in [1.165, 1.54) is 6.42 Å². The number of aliphatic hydroxyl groups is 1. The first-order chi connectivity index (χ1) is 9.52. The van der Waals surface area contributed by atoms with Crippen molar-refractivity contribution in [3.8, 4) is 0 Å². The Morgan fingerprint density at radius 1 is 1.35 bits per heavy atom. The van der Waals surface area contributed by atoms with Crippen molar-refractivity contribution >= 4 is 11.7 Å². The van der Waals surface area contributed by atoms with Gasteiger partial charge in [-0.25, -0.2) is 0 Å². The van der Waals surface area contributed by atoms with E-state index in [-0.39, 0.29) is 30.3 Å². The first kappa shape index (κ1) is 16.8. The van der Waals surface area contributed by atoms with E-state index < -0.39 is 5.92 Å². The smallest absolute Gasteiger partial charge is 0.233 e. The maximum absolute atomic E-state index is 12.7. The third-order valence-electron chi connectivity index (χ3n) is 4.01. The number of carbonyl (C=O) groups excluding carboxylic acids is 1. The number of nitrogens with two attached hydrogens (primary N) is 1. The summed E-state index contributed by atoms with van der Waals surface area (Å²) in [6, 6.07) is 0.163. The monoisotopic (exact) mass is 285 g/mol. The lowest BCUT2D eigenvalue weighted by Crippen LogP contribution is -2.50. The van der Waals surface area contributed by atoms with Crippen LogP contribution in [0.25, 0.3) is 0 Å². The zero-order valence-electron chi connectivity index (χ0n) is 12.5. The topological polar surface area (TPSA) is 99.2 Å². The van der Waals surface area contributed by atoms with Gasteiger partial charge in [0.05, 0.1) is 6.61 Å². The Hall–Kier alpha value is -1.30. The van der Waals surface area contributed by atoms with Gasteiger partial charge in [-0.2, -0.15) is 0 Å². The standard InChI is InChI=1S/C14H27N3O3/c1-10(2)12(13(15)16-20)14(19)17(8-9-18)11-6-4-3-5-7-11/h10-12,18,20H,3-9H2,1-2H3,(H2,15,16). The molecule has 0 radical (unpaired) electrons. The number of hydrogen-bond donors (Lipinski definition) is 3. The van der Waals surface area contributed by atoms with Crippen molar-refractivity contribution in [1.82, 2.24) is 4.90 Å². The lowest BCUT2D eigenvalue weighted by molar-refractivity contribution is -0.138. The average molecular weight is 285 g/mol. The van der Waals surface area contributed by atoms with E-state index in [0.29, 0.717) is 6.54 Å². The predicted octanol–water partition coefficient (Wildman–Crippen LogP) is 1.16. The molecular weight excluding hydrogens is 258 g/mol. The van der Waals surface area contributed by atoms with Crippen LogP contribution in [0.4, 0.5) is 0 Å². The third kappa shape index (κ3) is 4.10. The van der Waals surface area contributed by atoms with Crippen molar-refractivity contribution < 1.29 is 15.1 Å². The molecule has 20 heavy (non-hydrogen) atoms. The molecule has 0 aromatic heterocycles. The molecule has 0 aliphatic heterocycles. The molecule has 6 heteroatoms. The minimum Gasteiger partial charge on any atom is -0.409 e. The van der Waals surface area contributed by atoms with E-state index in [2.05, 4.69) is 5.16 Å². The fraction of sp³-hybridized carbons (Fsp3) is 0.857. The lowest BCUT2D eigenvalue weighted by Gasteiger charge is -2.36. The molecular formula is C14H27N3O3. The zero-order chi connectivity index (χ0) is 15.1. The minimum atomic E-state index is -0.631. The van der Waals surface area contributed by atoms with Crippen LogP contribution in [0.2, 0.25) is 0 Å². The summed E-state index contributed by atoms with van der Waals surface area (Å²) >= 11 is 0. The Balaban J connectivity index is 2.90. The summed E-state index contributed by atoms with van der Waals surface area (Å²) in [5.74, 6) is -0.878. The first-order valence-corrected chi connectivity index (χ1v) is 7.41. The van der Waals surface area contributed by atoms with E-state index in [1.54, 1.807) is 4.90 Å². The molecule has 1 atom stereocenters. The lowest BCUT2D eigenvalue weighted by atomic mass is 9.89. The number of aliphatic hydroxyl groups excluding tert-OH is 1. The SMILES string of the molecule is CC(C)C(C(=O)N(CCO)C1CCCCC1)C(N)=NO. The van der Waals surface area contributed by atoms with Crippen molar-refractivity contribution in [2.75, 3.05) is 13.2 Å². The highest BCUT2D eigenvalue weighted by molar-refractivity contribution is 6.02. The molecule has 1 aliphatic rings. The molecule has 0 bridgehead atoms. The molecule has 116 valence electrons. The van der Waals surface area contributed by atoms with Crippen LogP contribution in [0, 0.1) is 11.8 Å². The second-order valence-electron chi connectivity index (χ2n) is 5.79. The minimum absolute atomic E-state index is 0.0521. The summed E-state index contributed by atoms with van der Waals surface area (Å²) in [7, 11) is 0. The Morgan fingerprint density at radius 2 is 1.95 bits per heavy atom. The van der Waals surface area contributed by atoms with Crippen molar-refractivity contribution in [3.05, 3.63) is 0 Å². The molecule has 1 amide bonds. The molecule has 0 heterocycles. The quantitative estimate of drug-likeness (QED) is 0.295. The number of hydrogen-bond acceptors (Lipinski definition) is 4. The molecule has 1 aliphatic carbocycles. The fourth-order valence-electron chi connectivity index (χ4n) is 2.97. The van der Waals surface area contributed by atoms with Gasteiger partial charge in [-0.3, -0.25) is 4.79 Å². The Kier molecular flexibility index (Phi) is 6.78. The van der Waals surface area contributed by atoms with E-state index in [0.717, 1.165) is 25.7 Å². The van der Waals surface area contributed by atoms with E-state index in [9.17, 15) is 9.90 Å². The van der Waals surface area contributed by atoms with Crippen LogP contribution in [-0.2, 0) is 4.79 Å². The second kappa shape index (κ2) is 8.09. The van der Waals surface area contributed by atoms with E-state index >= 15 is 0 Å². The van der Waals surface area contributed by atoms with Gasteiger partial charge in [0.15, 0.2) is 5.84 Å². The maximum atomic E-state index is 12.7. The molecule has 4 N–H and O–H groups in total. The predicted molar refractivity (Wildman–Crippen MR) is 77.4 cm³/mol. The average Bonchev–Trinajstić information content (AvgIpc) is 2.45. The molecule has 6 nitrogen and oxygen atoms in total. The van der Waals surface area contributed by atoms with Crippen molar-refractivity contribution in [2.24, 2.45) is 22.7 Å². The molecule has 0 aromatic carbocycles. The third-order valence-corrected chi connectivity index (χ3v) is 4.01. The molecule has 0 aromatic rings. The first-order valence-electron chi connectivity index (χ1n) is 7.41. The van der Waals surface area contributed by atoms with Crippen LogP contribution >= 0.6 is 0 Å². The van der Waals surface area contributed by atoms with Crippen molar-refractivity contribution in [2.45, 2.75) is 52.0 Å². The second-order valence-corrected chi connectivity index (χ2v) is 5.79. The summed E-state index contributed by atoms with van der Waals surface area (Å²) in [6.45, 7) is 3.99. The van der Waals surface area contributed by atoms with Gasteiger partial charge < -0.3 is 20.9 Å². The van der Waals surface area contributed by atoms with Crippen molar-refractivity contribution in [1.29, 1.82) is 0 Å². The van der Waals surface area contributed by atoms with Crippen LogP contribution in [0.3, 0.4) is 0 Å². The molecule has 1 fully saturated rings. The van der Waals surface area contributed by atoms with Gasteiger partial charge in [-0.15, -0.1) is 0 Å². The van der Waals surface area contributed by atoms with Gasteiger partial charge in [0.2, 0.25) is 5.91 Å². The summed E-state index contributed by atoms with van der Waals surface area (Å²) < 4.78 is 0. The van der Waals surface area contributed by atoms with Crippen LogP contribution in [0.1, 0.15) is 46.0 Å². The number of amides is 1. The van der Waals surface area contributed by atoms with Gasteiger partial charge in [0.1, 0.15) is 5.92 Å².